The maximum Gasteiger partial charge on any atom is 0.319 e. The summed E-state index contributed by atoms with van der Waals surface area (Å²) in [6.07, 6.45) is 0. The Hall–Kier alpha value is -3.68. The van der Waals surface area contributed by atoms with Gasteiger partial charge in [0.05, 0.1) is 25.6 Å². The number of methoxy groups -OCH3 is 2. The van der Waals surface area contributed by atoms with E-state index in [1.807, 2.05) is 36.4 Å². The van der Waals surface area contributed by atoms with E-state index in [0.29, 0.717) is 17.2 Å². The highest BCUT2D eigenvalue weighted by atomic mass is 16.5. The van der Waals surface area contributed by atoms with E-state index in [0.717, 1.165) is 11.3 Å². The lowest BCUT2D eigenvalue weighted by Gasteiger charge is -2.10. The molecule has 0 saturated heterocycles. The molecule has 2 aromatic carbocycles. The van der Waals surface area contributed by atoms with Crippen molar-refractivity contribution in [3.8, 4) is 17.2 Å². The van der Waals surface area contributed by atoms with Crippen LogP contribution in [0.1, 0.15) is 11.3 Å². The molecule has 0 unspecified atom stereocenters. The Balaban J connectivity index is 1.74. The standard InChI is InChI=1S/C21H24N4O4/c1-14-19(20(26)25(24(14)2)16-8-6-5-7-9-16)23-21(27)22-13-15-10-11-17(28-3)18(12-15)29-4/h5-12H,13H2,1-4H3,(H2,22,23,27). The van der Waals surface area contributed by atoms with Gasteiger partial charge in [-0.25, -0.2) is 9.48 Å². The SMILES string of the molecule is COc1ccc(CNC(=O)Nc2c(C)n(C)n(-c3ccccc3)c2=O)cc1OC. The Morgan fingerprint density at radius 1 is 1.03 bits per heavy atom. The molecule has 0 aliphatic heterocycles. The van der Waals surface area contributed by atoms with Crippen LogP contribution in [0, 0.1) is 6.92 Å². The molecule has 1 aromatic heterocycles. The summed E-state index contributed by atoms with van der Waals surface area (Å²) in [4.78, 5) is 25.2. The van der Waals surface area contributed by atoms with Gasteiger partial charge in [-0.15, -0.1) is 0 Å². The van der Waals surface area contributed by atoms with Gasteiger partial charge in [0.2, 0.25) is 0 Å². The number of carbonyl (C=O) groups is 1. The second-order valence-electron chi connectivity index (χ2n) is 6.43. The third-order valence-corrected chi connectivity index (χ3v) is 4.69. The third kappa shape index (κ3) is 4.11. The lowest BCUT2D eigenvalue weighted by Crippen LogP contribution is -2.31. The Morgan fingerprint density at radius 3 is 2.38 bits per heavy atom. The van der Waals surface area contributed by atoms with Gasteiger partial charge in [-0.1, -0.05) is 24.3 Å². The molecule has 3 aromatic rings. The van der Waals surface area contributed by atoms with Gasteiger partial charge >= 0.3 is 6.03 Å². The van der Waals surface area contributed by atoms with Crippen molar-refractivity contribution in [3.63, 3.8) is 0 Å². The lowest BCUT2D eigenvalue weighted by molar-refractivity contribution is 0.251. The second kappa shape index (κ2) is 8.55. The largest absolute Gasteiger partial charge is 0.493 e. The third-order valence-electron chi connectivity index (χ3n) is 4.69. The van der Waals surface area contributed by atoms with Crippen molar-refractivity contribution in [2.45, 2.75) is 13.5 Å². The van der Waals surface area contributed by atoms with Crippen molar-refractivity contribution in [1.29, 1.82) is 0 Å². The molecule has 3 rings (SSSR count). The van der Waals surface area contributed by atoms with Crippen LogP contribution in [0.3, 0.4) is 0 Å². The van der Waals surface area contributed by atoms with Gasteiger partial charge in [-0.05, 0) is 36.8 Å². The van der Waals surface area contributed by atoms with Gasteiger partial charge in [0.15, 0.2) is 11.5 Å². The number of anilines is 1. The highest BCUT2D eigenvalue weighted by Gasteiger charge is 2.18. The van der Waals surface area contributed by atoms with Crippen LogP contribution in [0.5, 0.6) is 11.5 Å². The molecule has 0 atom stereocenters. The normalized spacial score (nSPS) is 10.5. The Labute approximate surface area is 168 Å². The summed E-state index contributed by atoms with van der Waals surface area (Å²) in [6.45, 7) is 2.05. The minimum absolute atomic E-state index is 0.237. The zero-order valence-electron chi connectivity index (χ0n) is 16.9. The van der Waals surface area contributed by atoms with E-state index in [9.17, 15) is 9.59 Å². The first-order valence-electron chi connectivity index (χ1n) is 9.06. The molecular formula is C21H24N4O4. The lowest BCUT2D eigenvalue weighted by atomic mass is 10.2. The maximum absolute atomic E-state index is 12.8. The average molecular weight is 396 g/mol. The van der Waals surface area contributed by atoms with Gasteiger partial charge < -0.3 is 20.1 Å². The van der Waals surface area contributed by atoms with Crippen LogP contribution in [0.15, 0.2) is 53.3 Å². The van der Waals surface area contributed by atoms with Crippen LogP contribution in [0.4, 0.5) is 10.5 Å². The number of benzene rings is 2. The van der Waals surface area contributed by atoms with Crippen LogP contribution in [0.25, 0.3) is 5.69 Å². The van der Waals surface area contributed by atoms with Gasteiger partial charge in [0.1, 0.15) is 5.69 Å². The topological polar surface area (TPSA) is 86.5 Å². The van der Waals surface area contributed by atoms with Crippen molar-refractivity contribution in [2.24, 2.45) is 7.05 Å². The predicted molar refractivity (Wildman–Crippen MR) is 111 cm³/mol. The van der Waals surface area contributed by atoms with Crippen molar-refractivity contribution >= 4 is 11.7 Å². The number of carbonyl (C=O) groups excluding carboxylic acids is 1. The van der Waals surface area contributed by atoms with Crippen molar-refractivity contribution < 1.29 is 14.3 Å². The Bertz CT molecular complexity index is 1070. The van der Waals surface area contributed by atoms with Crippen molar-refractivity contribution in [3.05, 3.63) is 70.1 Å². The summed E-state index contributed by atoms with van der Waals surface area (Å²) < 4.78 is 13.7. The Morgan fingerprint density at radius 2 is 1.72 bits per heavy atom. The first-order valence-corrected chi connectivity index (χ1v) is 9.06. The molecular weight excluding hydrogens is 372 g/mol. The molecule has 0 spiro atoms. The quantitative estimate of drug-likeness (QED) is 0.671. The van der Waals surface area contributed by atoms with Crippen LogP contribution in [0.2, 0.25) is 0 Å². The number of rotatable bonds is 6. The maximum atomic E-state index is 12.8. The van der Waals surface area contributed by atoms with Crippen LogP contribution >= 0.6 is 0 Å². The fourth-order valence-corrected chi connectivity index (χ4v) is 3.04. The van der Waals surface area contributed by atoms with Crippen LogP contribution in [-0.2, 0) is 13.6 Å². The van der Waals surface area contributed by atoms with E-state index >= 15 is 0 Å². The molecule has 152 valence electrons. The van der Waals surface area contributed by atoms with Crippen molar-refractivity contribution in [2.75, 3.05) is 19.5 Å². The van der Waals surface area contributed by atoms with E-state index in [1.165, 1.54) is 4.68 Å². The summed E-state index contributed by atoms with van der Waals surface area (Å²) in [7, 11) is 4.89. The molecule has 29 heavy (non-hydrogen) atoms. The number of nitrogens with zero attached hydrogens (tertiary/aromatic N) is 2. The van der Waals surface area contributed by atoms with E-state index in [2.05, 4.69) is 10.6 Å². The summed E-state index contributed by atoms with van der Waals surface area (Å²) in [5, 5.41) is 5.43. The fraction of sp³-hybridized carbons (Fsp3) is 0.238. The monoisotopic (exact) mass is 396 g/mol. The molecule has 0 radical (unpaired) electrons. The number of hydrogen-bond acceptors (Lipinski definition) is 4. The van der Waals surface area contributed by atoms with E-state index in [-0.39, 0.29) is 17.8 Å². The average Bonchev–Trinajstić information content (AvgIpc) is 2.95. The smallest absolute Gasteiger partial charge is 0.319 e. The molecule has 2 amide bonds. The number of urea groups is 1. The fourth-order valence-electron chi connectivity index (χ4n) is 3.04. The number of hydrogen-bond donors (Lipinski definition) is 2. The van der Waals surface area contributed by atoms with Crippen LogP contribution in [-0.4, -0.2) is 29.6 Å². The summed E-state index contributed by atoms with van der Waals surface area (Å²) in [5.74, 6) is 1.19. The van der Waals surface area contributed by atoms with Gasteiger partial charge in [-0.3, -0.25) is 9.48 Å². The first-order chi connectivity index (χ1) is 14.0. The Kier molecular flexibility index (Phi) is 5.92. The molecule has 8 heteroatoms. The molecule has 0 aliphatic carbocycles. The summed E-state index contributed by atoms with van der Waals surface area (Å²) >= 11 is 0. The number of amides is 2. The number of nitrogens with one attached hydrogen (secondary N) is 2. The zero-order valence-corrected chi connectivity index (χ0v) is 16.9. The van der Waals surface area contributed by atoms with Crippen molar-refractivity contribution in [1.82, 2.24) is 14.7 Å². The van der Waals surface area contributed by atoms with E-state index in [1.54, 1.807) is 45.0 Å². The minimum Gasteiger partial charge on any atom is -0.493 e. The highest BCUT2D eigenvalue weighted by Crippen LogP contribution is 2.27. The van der Waals surface area contributed by atoms with Crippen LogP contribution < -0.4 is 25.7 Å². The van der Waals surface area contributed by atoms with Gasteiger partial charge in [-0.2, -0.15) is 0 Å². The minimum atomic E-state index is -0.467. The van der Waals surface area contributed by atoms with Gasteiger partial charge in [0.25, 0.3) is 5.56 Å². The first kappa shape index (κ1) is 20.1. The summed E-state index contributed by atoms with van der Waals surface area (Å²) in [6, 6.07) is 14.2. The predicted octanol–water partition coefficient (Wildman–Crippen LogP) is 2.82. The molecule has 1 heterocycles. The van der Waals surface area contributed by atoms with Gasteiger partial charge in [0, 0.05) is 13.6 Å². The van der Waals surface area contributed by atoms with E-state index in [4.69, 9.17) is 9.47 Å². The molecule has 2 N–H and O–H groups in total. The highest BCUT2D eigenvalue weighted by molar-refractivity contribution is 5.89. The zero-order chi connectivity index (χ0) is 21.0. The molecule has 0 saturated carbocycles. The number of ether oxygens (including phenoxy) is 2. The number of para-hydroxylation sites is 1. The number of aromatic nitrogens is 2. The molecule has 0 fully saturated rings. The second-order valence-corrected chi connectivity index (χ2v) is 6.43. The molecule has 8 nitrogen and oxygen atoms in total. The van der Waals surface area contributed by atoms with E-state index < -0.39 is 6.03 Å². The molecule has 0 bridgehead atoms. The summed E-state index contributed by atoms with van der Waals surface area (Å²) in [5.41, 5.74) is 2.16. The molecule has 0 aliphatic rings.